The summed E-state index contributed by atoms with van der Waals surface area (Å²) in [5.41, 5.74) is -1.93. The molecule has 6 nitrogen and oxygen atoms in total. The lowest BCUT2D eigenvalue weighted by Crippen LogP contribution is -2.72. The normalized spacial score (nSPS) is 26.2. The molecule has 13 heteroatoms. The average Bonchev–Trinajstić information content (AvgIpc) is 3.20. The van der Waals surface area contributed by atoms with Gasteiger partial charge in [-0.25, -0.2) is 8.42 Å². The lowest BCUT2D eigenvalue weighted by molar-refractivity contribution is -0.205. The molecule has 208 valence electrons. The molecule has 1 amide bonds. The third-order valence-corrected chi connectivity index (χ3v) is 10.2. The van der Waals surface area contributed by atoms with E-state index in [1.165, 1.54) is 0 Å². The number of fused-ring (bicyclic) bond motifs is 2. The number of carbonyl (C=O) groups is 1. The van der Waals surface area contributed by atoms with Gasteiger partial charge in [-0.2, -0.15) is 22.0 Å². The molecule has 1 N–H and O–H groups in total. The fraction of sp³-hybridized carbons (Fsp3) is 0.708. The highest BCUT2D eigenvalue weighted by molar-refractivity contribution is 7.89. The highest BCUT2D eigenvalue weighted by atomic mass is 35.5. The van der Waals surface area contributed by atoms with E-state index in [0.717, 1.165) is 31.4 Å². The topological polar surface area (TPSA) is 69.7 Å². The van der Waals surface area contributed by atoms with Gasteiger partial charge < -0.3 is 5.32 Å². The summed E-state index contributed by atoms with van der Waals surface area (Å²) < 4.78 is 96.0. The first-order chi connectivity index (χ1) is 17.2. The Hall–Kier alpha value is -1.50. The minimum absolute atomic E-state index is 0.00791. The summed E-state index contributed by atoms with van der Waals surface area (Å²) in [5.74, 6) is -1.04. The minimum Gasteiger partial charge on any atom is -0.350 e. The van der Waals surface area contributed by atoms with E-state index in [-0.39, 0.29) is 42.3 Å². The van der Waals surface area contributed by atoms with Gasteiger partial charge >= 0.3 is 12.2 Å². The van der Waals surface area contributed by atoms with Crippen molar-refractivity contribution in [2.45, 2.75) is 88.1 Å². The number of amides is 1. The first-order valence-corrected chi connectivity index (χ1v) is 14.5. The zero-order chi connectivity index (χ0) is 27.2. The summed E-state index contributed by atoms with van der Waals surface area (Å²) in [6, 6.07) is -2.86. The molecule has 2 atom stereocenters. The zero-order valence-electron chi connectivity index (χ0n) is 20.5. The lowest BCUT2D eigenvalue weighted by Gasteiger charge is -2.55. The van der Waals surface area contributed by atoms with E-state index in [1.807, 2.05) is 0 Å². The number of halogens is 6. The number of sulfonamides is 1. The number of hydrogen-bond acceptors (Lipinski definition) is 4. The third kappa shape index (κ3) is 5.35. The predicted octanol–water partition coefficient (Wildman–Crippen LogP) is 5.27. The van der Waals surface area contributed by atoms with Crippen LogP contribution >= 0.6 is 11.6 Å². The minimum atomic E-state index is -4.61. The van der Waals surface area contributed by atoms with Crippen molar-refractivity contribution in [1.29, 1.82) is 0 Å². The van der Waals surface area contributed by atoms with Crippen LogP contribution in [0.15, 0.2) is 18.2 Å². The van der Waals surface area contributed by atoms with Gasteiger partial charge in [-0.05, 0) is 50.3 Å². The molecule has 4 rings (SSSR count). The lowest BCUT2D eigenvalue weighted by atomic mass is 9.78. The molecule has 1 aromatic rings. The van der Waals surface area contributed by atoms with Crippen LogP contribution in [0, 0.1) is 0 Å². The number of rotatable bonds is 7. The van der Waals surface area contributed by atoms with Crippen LogP contribution in [0.2, 0.25) is 5.02 Å². The van der Waals surface area contributed by atoms with E-state index in [1.54, 1.807) is 11.8 Å². The van der Waals surface area contributed by atoms with Crippen molar-refractivity contribution in [3.8, 4) is 0 Å². The molecule has 2 aliphatic heterocycles. The second-order valence-electron chi connectivity index (χ2n) is 10.2. The van der Waals surface area contributed by atoms with Gasteiger partial charge in [0, 0.05) is 24.7 Å². The molecular formula is C24H31ClF5N3O3S. The highest BCUT2D eigenvalue weighted by Crippen LogP contribution is 2.50. The van der Waals surface area contributed by atoms with E-state index in [0.29, 0.717) is 29.6 Å². The van der Waals surface area contributed by atoms with E-state index in [4.69, 9.17) is 11.6 Å². The second-order valence-corrected chi connectivity index (χ2v) is 12.7. The fourth-order valence-corrected chi connectivity index (χ4v) is 8.11. The van der Waals surface area contributed by atoms with Gasteiger partial charge in [0.2, 0.25) is 10.0 Å². The van der Waals surface area contributed by atoms with E-state index in [2.05, 4.69) is 5.32 Å². The van der Waals surface area contributed by atoms with Gasteiger partial charge in [0.15, 0.2) is 0 Å². The Morgan fingerprint density at radius 3 is 2.43 bits per heavy atom. The molecule has 3 aliphatic rings. The molecule has 2 unspecified atom stereocenters. The number of nitrogens with one attached hydrogen (secondary N) is 1. The molecule has 0 radical (unpaired) electrons. The predicted molar refractivity (Wildman–Crippen MR) is 129 cm³/mol. The van der Waals surface area contributed by atoms with Crippen LogP contribution in [0.3, 0.4) is 0 Å². The number of alkyl halides is 5. The van der Waals surface area contributed by atoms with Crippen molar-refractivity contribution < 1.29 is 35.2 Å². The summed E-state index contributed by atoms with van der Waals surface area (Å²) in [7, 11) is -4.13. The van der Waals surface area contributed by atoms with Crippen molar-refractivity contribution >= 4 is 27.5 Å². The van der Waals surface area contributed by atoms with Gasteiger partial charge in [0.1, 0.15) is 0 Å². The number of hydrogen-bond donors (Lipinski definition) is 1. The van der Waals surface area contributed by atoms with Crippen molar-refractivity contribution in [3.05, 3.63) is 34.3 Å². The Kier molecular flexibility index (Phi) is 7.89. The summed E-state index contributed by atoms with van der Waals surface area (Å²) in [6.07, 6.45) is -0.311. The quantitative estimate of drug-likeness (QED) is 0.357. The van der Waals surface area contributed by atoms with E-state index in [9.17, 15) is 26.4 Å². The van der Waals surface area contributed by atoms with Gasteiger partial charge in [-0.1, -0.05) is 37.8 Å². The Morgan fingerprint density at radius 1 is 1.16 bits per heavy atom. The van der Waals surface area contributed by atoms with Crippen LogP contribution in [0.25, 0.3) is 0 Å². The van der Waals surface area contributed by atoms with Gasteiger partial charge in [-0.3, -0.25) is 9.69 Å². The summed E-state index contributed by atoms with van der Waals surface area (Å²) in [6.45, 7) is 1.32. The Bertz CT molecular complexity index is 1130. The van der Waals surface area contributed by atoms with Gasteiger partial charge in [-0.15, -0.1) is 4.31 Å². The van der Waals surface area contributed by atoms with Crippen molar-refractivity contribution in [3.63, 3.8) is 0 Å². The number of carbonyl (C=O) groups excluding carboxylic acids is 1. The van der Waals surface area contributed by atoms with E-state index < -0.39 is 51.3 Å². The summed E-state index contributed by atoms with van der Waals surface area (Å²) in [4.78, 5) is 14.7. The molecule has 1 aliphatic carbocycles. The maximum absolute atomic E-state index is 15.7. The van der Waals surface area contributed by atoms with Crippen LogP contribution in [0.1, 0.15) is 74.2 Å². The molecule has 1 aromatic carbocycles. The number of piperazine rings is 1. The van der Waals surface area contributed by atoms with E-state index >= 15 is 8.78 Å². The molecule has 2 heterocycles. The second kappa shape index (κ2) is 10.2. The molecule has 37 heavy (non-hydrogen) atoms. The molecule has 3 fully saturated rings. The van der Waals surface area contributed by atoms with Crippen molar-refractivity contribution in [2.75, 3.05) is 18.8 Å². The first-order valence-electron chi connectivity index (χ1n) is 12.5. The molecule has 0 spiro atoms. The Labute approximate surface area is 218 Å². The third-order valence-electron chi connectivity index (χ3n) is 7.86. The number of benzene rings is 1. The van der Waals surface area contributed by atoms with Gasteiger partial charge in [0.25, 0.3) is 5.91 Å². The molecule has 2 bridgehead atoms. The van der Waals surface area contributed by atoms with Crippen molar-refractivity contribution in [2.24, 2.45) is 0 Å². The Balaban J connectivity index is 1.58. The zero-order valence-corrected chi connectivity index (χ0v) is 22.0. The standard InChI is InChI=1S/C24H31ClF5N3O3S/c1-2-12-37(35,36)32-14-17-7-9-20(24(32,29)30)33(17)22(10-4-3-5-11-22)15-31-21(34)18-8-6-16(13-19(18)25)23(26,27)28/h6,8,13,17,20H,2-5,7,9-12,14-15H2,1H3,(H,31,34). The number of nitrogens with zero attached hydrogens (tertiary/aromatic N) is 2. The van der Waals surface area contributed by atoms with Crippen LogP contribution in [0.5, 0.6) is 0 Å². The average molecular weight is 572 g/mol. The maximum Gasteiger partial charge on any atom is 0.416 e. The summed E-state index contributed by atoms with van der Waals surface area (Å²) in [5, 5.41) is 2.39. The van der Waals surface area contributed by atoms with Gasteiger partial charge in [0.05, 0.1) is 27.9 Å². The first kappa shape index (κ1) is 28.5. The molecule has 2 saturated heterocycles. The van der Waals surface area contributed by atoms with Crippen LogP contribution in [0.4, 0.5) is 22.0 Å². The monoisotopic (exact) mass is 571 g/mol. The molecular weight excluding hydrogens is 541 g/mol. The maximum atomic E-state index is 15.7. The Morgan fingerprint density at radius 2 is 1.84 bits per heavy atom. The summed E-state index contributed by atoms with van der Waals surface area (Å²) >= 11 is 5.98. The largest absolute Gasteiger partial charge is 0.416 e. The fourth-order valence-electron chi connectivity index (χ4n) is 6.22. The molecule has 0 aromatic heterocycles. The smallest absolute Gasteiger partial charge is 0.350 e. The highest BCUT2D eigenvalue weighted by Gasteiger charge is 2.64. The van der Waals surface area contributed by atoms with Crippen LogP contribution < -0.4 is 5.32 Å². The molecule has 1 saturated carbocycles. The van der Waals surface area contributed by atoms with Crippen LogP contribution in [-0.4, -0.2) is 66.0 Å². The van der Waals surface area contributed by atoms with Crippen molar-refractivity contribution in [1.82, 2.24) is 14.5 Å². The van der Waals surface area contributed by atoms with Crippen LogP contribution in [-0.2, 0) is 16.2 Å². The SMILES string of the molecule is CCCS(=O)(=O)N1CC2CCC(N2C2(CNC(=O)c3ccc(C(F)(F)F)cc3Cl)CCCCC2)C1(F)F.